The fourth-order valence-corrected chi connectivity index (χ4v) is 1.97. The van der Waals surface area contributed by atoms with E-state index in [9.17, 15) is 9.59 Å². The average molecular weight is 267 g/mol. The van der Waals surface area contributed by atoms with E-state index < -0.39 is 5.97 Å². The maximum absolute atomic E-state index is 11.9. The second-order valence-electron chi connectivity index (χ2n) is 4.23. The number of rotatable bonds is 2. The van der Waals surface area contributed by atoms with Gasteiger partial charge in [0.25, 0.3) is 0 Å². The summed E-state index contributed by atoms with van der Waals surface area (Å²) >= 11 is 0. The van der Waals surface area contributed by atoms with Crippen molar-refractivity contribution in [1.82, 2.24) is 4.98 Å². The molecule has 0 bridgehead atoms. The lowest BCUT2D eigenvalue weighted by molar-refractivity contribution is 0.0663. The second kappa shape index (κ2) is 4.62. The molecule has 0 radical (unpaired) electrons. The minimum Gasteiger partial charge on any atom is -0.475 e. The summed E-state index contributed by atoms with van der Waals surface area (Å²) in [5, 5.41) is 9.20. The molecule has 0 amide bonds. The van der Waals surface area contributed by atoms with Gasteiger partial charge >= 0.3 is 5.97 Å². The molecule has 3 aromatic rings. The van der Waals surface area contributed by atoms with Crippen molar-refractivity contribution in [3.05, 3.63) is 64.8 Å². The molecule has 0 fully saturated rings. The Hall–Kier alpha value is -2.95. The minimum absolute atomic E-state index is 0.252. The Morgan fingerprint density at radius 1 is 1.15 bits per heavy atom. The number of aromatic carboxylic acids is 1. The van der Waals surface area contributed by atoms with Crippen LogP contribution in [0.25, 0.3) is 22.1 Å². The topological polar surface area (TPSA) is 80.4 Å². The Kier molecular flexibility index (Phi) is 2.80. The van der Waals surface area contributed by atoms with Crippen molar-refractivity contribution in [3.8, 4) is 11.1 Å². The molecule has 0 atom stereocenters. The first-order chi connectivity index (χ1) is 9.65. The van der Waals surface area contributed by atoms with Gasteiger partial charge in [-0.15, -0.1) is 0 Å². The van der Waals surface area contributed by atoms with Crippen molar-refractivity contribution in [3.63, 3.8) is 0 Å². The smallest absolute Gasteiger partial charge is 0.371 e. The molecule has 5 nitrogen and oxygen atoms in total. The third-order valence-electron chi connectivity index (χ3n) is 2.93. The number of carbonyl (C=O) groups is 1. The monoisotopic (exact) mass is 267 g/mol. The van der Waals surface area contributed by atoms with Crippen LogP contribution in [0.2, 0.25) is 0 Å². The standard InChI is InChI=1S/C15H9NO4/c17-12-7-14(15(18)19)20-13-4-3-9(6-11(12)13)10-2-1-5-16-8-10/h1-8H,(H,18,19). The summed E-state index contributed by atoms with van der Waals surface area (Å²) in [6.45, 7) is 0. The molecule has 5 heteroatoms. The van der Waals surface area contributed by atoms with Crippen LogP contribution in [0.4, 0.5) is 0 Å². The number of carboxylic acids is 1. The Bertz CT molecular complexity index is 853. The summed E-state index contributed by atoms with van der Waals surface area (Å²) in [5.41, 5.74) is 1.56. The molecule has 2 aromatic heterocycles. The van der Waals surface area contributed by atoms with Crippen molar-refractivity contribution in [2.75, 3.05) is 0 Å². The van der Waals surface area contributed by atoms with Gasteiger partial charge in [0.1, 0.15) is 5.58 Å². The molecule has 1 N–H and O–H groups in total. The Morgan fingerprint density at radius 2 is 2.00 bits per heavy atom. The van der Waals surface area contributed by atoms with E-state index in [-0.39, 0.29) is 16.8 Å². The van der Waals surface area contributed by atoms with Crippen LogP contribution >= 0.6 is 0 Å². The van der Waals surface area contributed by atoms with Crippen LogP contribution in [0.1, 0.15) is 10.6 Å². The number of hydrogen-bond donors (Lipinski definition) is 1. The van der Waals surface area contributed by atoms with Crippen molar-refractivity contribution in [2.45, 2.75) is 0 Å². The number of benzene rings is 1. The van der Waals surface area contributed by atoms with Crippen molar-refractivity contribution < 1.29 is 14.3 Å². The lowest BCUT2D eigenvalue weighted by Crippen LogP contribution is -2.06. The molecular formula is C15H9NO4. The van der Waals surface area contributed by atoms with Crippen LogP contribution in [0.3, 0.4) is 0 Å². The van der Waals surface area contributed by atoms with Gasteiger partial charge in [-0.2, -0.15) is 0 Å². The predicted molar refractivity (Wildman–Crippen MR) is 72.7 cm³/mol. The molecule has 0 aliphatic rings. The van der Waals surface area contributed by atoms with Crippen LogP contribution < -0.4 is 5.43 Å². The Balaban J connectivity index is 2.23. The number of aromatic nitrogens is 1. The predicted octanol–water partition coefficient (Wildman–Crippen LogP) is 2.55. The highest BCUT2D eigenvalue weighted by Crippen LogP contribution is 2.22. The van der Waals surface area contributed by atoms with Crippen molar-refractivity contribution in [2.24, 2.45) is 0 Å². The maximum atomic E-state index is 11.9. The largest absolute Gasteiger partial charge is 0.475 e. The van der Waals surface area contributed by atoms with E-state index in [1.54, 1.807) is 36.7 Å². The van der Waals surface area contributed by atoms with Crippen LogP contribution in [0, 0.1) is 0 Å². The Labute approximate surface area is 113 Å². The van der Waals surface area contributed by atoms with Gasteiger partial charge in [0.05, 0.1) is 5.39 Å². The lowest BCUT2D eigenvalue weighted by atomic mass is 10.1. The van der Waals surface area contributed by atoms with E-state index >= 15 is 0 Å². The van der Waals surface area contributed by atoms with Crippen molar-refractivity contribution in [1.29, 1.82) is 0 Å². The summed E-state index contributed by atoms with van der Waals surface area (Å²) in [4.78, 5) is 26.8. The van der Waals surface area contributed by atoms with Crippen molar-refractivity contribution >= 4 is 16.9 Å². The molecule has 2 heterocycles. The molecule has 0 unspecified atom stereocenters. The highest BCUT2D eigenvalue weighted by atomic mass is 16.4. The van der Waals surface area contributed by atoms with Gasteiger partial charge in [0.2, 0.25) is 5.76 Å². The van der Waals surface area contributed by atoms with Crippen LogP contribution in [0.15, 0.2) is 58.0 Å². The molecule has 0 aliphatic carbocycles. The average Bonchev–Trinajstić information content (AvgIpc) is 2.47. The minimum atomic E-state index is -1.26. The number of pyridine rings is 1. The van der Waals surface area contributed by atoms with Gasteiger partial charge in [-0.1, -0.05) is 12.1 Å². The highest BCUT2D eigenvalue weighted by Gasteiger charge is 2.11. The first-order valence-electron chi connectivity index (χ1n) is 5.87. The first-order valence-corrected chi connectivity index (χ1v) is 5.87. The Morgan fingerprint density at radius 3 is 2.70 bits per heavy atom. The quantitative estimate of drug-likeness (QED) is 0.771. The molecular weight excluding hydrogens is 258 g/mol. The zero-order valence-electron chi connectivity index (χ0n) is 10.2. The first kappa shape index (κ1) is 12.1. The number of carboxylic acid groups (broad SMARTS) is 1. The van der Waals surface area contributed by atoms with Crippen LogP contribution in [-0.2, 0) is 0 Å². The summed E-state index contributed by atoms with van der Waals surface area (Å²) < 4.78 is 5.18. The van der Waals surface area contributed by atoms with E-state index in [2.05, 4.69) is 4.98 Å². The molecule has 3 rings (SSSR count). The molecule has 1 aromatic carbocycles. The van der Waals surface area contributed by atoms with E-state index in [0.717, 1.165) is 17.2 Å². The summed E-state index contributed by atoms with van der Waals surface area (Å²) in [6, 6.07) is 9.68. The van der Waals surface area contributed by atoms with Gasteiger partial charge < -0.3 is 9.52 Å². The molecule has 0 saturated heterocycles. The summed E-state index contributed by atoms with van der Waals surface area (Å²) in [7, 11) is 0. The fourth-order valence-electron chi connectivity index (χ4n) is 1.97. The lowest BCUT2D eigenvalue weighted by Gasteiger charge is -2.03. The summed E-state index contributed by atoms with van der Waals surface area (Å²) in [6.07, 6.45) is 3.35. The van der Waals surface area contributed by atoms with E-state index in [1.165, 1.54) is 0 Å². The molecule has 0 spiro atoms. The third-order valence-corrected chi connectivity index (χ3v) is 2.93. The zero-order chi connectivity index (χ0) is 14.1. The molecule has 20 heavy (non-hydrogen) atoms. The number of nitrogens with zero attached hydrogens (tertiary/aromatic N) is 1. The SMILES string of the molecule is O=C(O)c1cc(=O)c2cc(-c3cccnc3)ccc2o1. The molecule has 0 aliphatic heterocycles. The van der Waals surface area contributed by atoms with E-state index in [4.69, 9.17) is 9.52 Å². The highest BCUT2D eigenvalue weighted by molar-refractivity contribution is 5.88. The normalized spacial score (nSPS) is 10.6. The van der Waals surface area contributed by atoms with E-state index in [0.29, 0.717) is 5.39 Å². The fraction of sp³-hybridized carbons (Fsp3) is 0. The number of hydrogen-bond acceptors (Lipinski definition) is 4. The second-order valence-corrected chi connectivity index (χ2v) is 4.23. The van der Waals surface area contributed by atoms with E-state index in [1.807, 2.05) is 6.07 Å². The van der Waals surface area contributed by atoms with Gasteiger partial charge in [-0.25, -0.2) is 4.79 Å². The van der Waals surface area contributed by atoms with Gasteiger partial charge in [-0.05, 0) is 23.8 Å². The zero-order valence-corrected chi connectivity index (χ0v) is 10.2. The molecule has 0 saturated carbocycles. The van der Waals surface area contributed by atoms with Gasteiger partial charge in [0, 0.05) is 24.0 Å². The summed E-state index contributed by atoms with van der Waals surface area (Å²) in [5.74, 6) is -1.63. The van der Waals surface area contributed by atoms with Crippen LogP contribution in [-0.4, -0.2) is 16.1 Å². The number of fused-ring (bicyclic) bond motifs is 1. The van der Waals surface area contributed by atoms with Gasteiger partial charge in [0.15, 0.2) is 5.43 Å². The third kappa shape index (κ3) is 2.05. The maximum Gasteiger partial charge on any atom is 0.371 e. The van der Waals surface area contributed by atoms with Gasteiger partial charge in [-0.3, -0.25) is 9.78 Å². The van der Waals surface area contributed by atoms with Crippen LogP contribution in [0.5, 0.6) is 0 Å². The molecule has 98 valence electrons.